The van der Waals surface area contributed by atoms with E-state index in [1.54, 1.807) is 65.9 Å². The van der Waals surface area contributed by atoms with Crippen LogP contribution < -0.4 is 34.3 Å². The zero-order valence-corrected chi connectivity index (χ0v) is 25.2. The predicted molar refractivity (Wildman–Crippen MR) is 163 cm³/mol. The van der Waals surface area contributed by atoms with Gasteiger partial charge in [0.25, 0.3) is 5.91 Å². The van der Waals surface area contributed by atoms with Crippen LogP contribution in [0.1, 0.15) is 42.7 Å². The Labute approximate surface area is 251 Å². The summed E-state index contributed by atoms with van der Waals surface area (Å²) in [6, 6.07) is 18.4. The molecule has 2 N–H and O–H groups in total. The van der Waals surface area contributed by atoms with E-state index in [0.717, 1.165) is 16.8 Å². The van der Waals surface area contributed by atoms with Crippen molar-refractivity contribution >= 4 is 17.4 Å². The number of allylic oxidation sites excluding steroid dienone is 3. The molecule has 1 aliphatic carbocycles. The van der Waals surface area contributed by atoms with Gasteiger partial charge in [-0.15, -0.1) is 0 Å². The Balaban J connectivity index is 1.57. The molecule has 43 heavy (non-hydrogen) atoms. The van der Waals surface area contributed by atoms with E-state index in [4.69, 9.17) is 23.7 Å². The Kier molecular flexibility index (Phi) is 8.61. The lowest BCUT2D eigenvalue weighted by Gasteiger charge is -2.37. The lowest BCUT2D eigenvalue weighted by atomic mass is 9.71. The highest BCUT2D eigenvalue weighted by Crippen LogP contribution is 2.47. The molecule has 1 aliphatic heterocycles. The quantitative estimate of drug-likeness (QED) is 0.329. The molecule has 9 nitrogen and oxygen atoms in total. The van der Waals surface area contributed by atoms with Gasteiger partial charge in [0, 0.05) is 40.6 Å². The largest absolute Gasteiger partial charge is 0.497 e. The number of ketones is 1. The van der Waals surface area contributed by atoms with Gasteiger partial charge in [-0.05, 0) is 78.9 Å². The van der Waals surface area contributed by atoms with Crippen molar-refractivity contribution < 1.29 is 33.3 Å². The minimum atomic E-state index is -0.617. The lowest BCUT2D eigenvalue weighted by molar-refractivity contribution is -0.116. The molecule has 0 fully saturated rings. The van der Waals surface area contributed by atoms with Crippen molar-refractivity contribution in [2.24, 2.45) is 0 Å². The van der Waals surface area contributed by atoms with Crippen molar-refractivity contribution in [2.75, 3.05) is 40.9 Å². The summed E-state index contributed by atoms with van der Waals surface area (Å²) in [5.41, 5.74) is 4.85. The summed E-state index contributed by atoms with van der Waals surface area (Å²) in [5, 5.41) is 6.44. The molecule has 224 valence electrons. The summed E-state index contributed by atoms with van der Waals surface area (Å²) in [7, 11) is 7.91. The Morgan fingerprint density at radius 3 is 1.91 bits per heavy atom. The van der Waals surface area contributed by atoms with Crippen molar-refractivity contribution in [1.82, 2.24) is 5.32 Å². The van der Waals surface area contributed by atoms with Crippen molar-refractivity contribution in [3.63, 3.8) is 0 Å². The minimum absolute atomic E-state index is 0.0319. The second kappa shape index (κ2) is 12.5. The Morgan fingerprint density at radius 2 is 1.33 bits per heavy atom. The molecule has 3 aromatic carbocycles. The number of Topliss-reactive ketones (excluding diaryl/α,β-unsaturated/α-hetero) is 1. The summed E-state index contributed by atoms with van der Waals surface area (Å²) < 4.78 is 27.2. The van der Waals surface area contributed by atoms with Crippen LogP contribution in [0.4, 0.5) is 5.69 Å². The topological polar surface area (TPSA) is 104 Å². The van der Waals surface area contributed by atoms with Crippen LogP contribution in [0, 0.1) is 0 Å². The molecule has 2 atom stereocenters. The standard InChI is InChI=1S/C34H36N2O7/c1-19-31(34(38)36-23-9-11-24(39-2)12-10-23)32(21-8-14-28(41-4)30(18-21)43-6)33-25(35-19)15-22(16-26(33)37)20-7-13-27(40-3)29(17-20)42-5/h7-14,17-18,22,32,35H,15-16H2,1-6H3,(H,36,38)/t22-,32-/m1/s1. The van der Waals surface area contributed by atoms with E-state index in [1.807, 2.05) is 37.3 Å². The van der Waals surface area contributed by atoms with E-state index in [9.17, 15) is 9.59 Å². The van der Waals surface area contributed by atoms with Gasteiger partial charge in [-0.25, -0.2) is 0 Å². The van der Waals surface area contributed by atoms with Crippen LogP contribution in [0.25, 0.3) is 0 Å². The molecule has 3 aromatic rings. The maximum atomic E-state index is 14.1. The molecule has 0 saturated carbocycles. The highest BCUT2D eigenvalue weighted by atomic mass is 16.5. The van der Waals surface area contributed by atoms with Gasteiger partial charge in [0.1, 0.15) is 5.75 Å². The van der Waals surface area contributed by atoms with Crippen molar-refractivity contribution in [2.45, 2.75) is 31.6 Å². The number of hydrogen-bond donors (Lipinski definition) is 2. The van der Waals surface area contributed by atoms with E-state index in [2.05, 4.69) is 10.6 Å². The number of hydrogen-bond acceptors (Lipinski definition) is 8. The van der Waals surface area contributed by atoms with Crippen molar-refractivity contribution in [1.29, 1.82) is 0 Å². The summed E-state index contributed by atoms with van der Waals surface area (Å²) in [6.07, 6.45) is 0.872. The number of rotatable bonds is 9. The molecular weight excluding hydrogens is 548 g/mol. The third-order valence-corrected chi connectivity index (χ3v) is 8.04. The Bertz CT molecular complexity index is 1610. The minimum Gasteiger partial charge on any atom is -0.497 e. The molecule has 9 heteroatoms. The highest BCUT2D eigenvalue weighted by Gasteiger charge is 2.41. The molecule has 0 bridgehead atoms. The van der Waals surface area contributed by atoms with Crippen LogP contribution in [0.2, 0.25) is 0 Å². The third-order valence-electron chi connectivity index (χ3n) is 8.04. The monoisotopic (exact) mass is 584 g/mol. The Hall–Kier alpha value is -4.92. The summed E-state index contributed by atoms with van der Waals surface area (Å²) in [5.74, 6) is 1.96. The van der Waals surface area contributed by atoms with Crippen LogP contribution >= 0.6 is 0 Å². The third kappa shape index (κ3) is 5.75. The average molecular weight is 585 g/mol. The first-order chi connectivity index (χ1) is 20.8. The zero-order chi connectivity index (χ0) is 30.7. The fourth-order valence-electron chi connectivity index (χ4n) is 5.92. The van der Waals surface area contributed by atoms with Crippen LogP contribution in [0.15, 0.2) is 83.2 Å². The number of carbonyl (C=O) groups is 2. The van der Waals surface area contributed by atoms with E-state index in [0.29, 0.717) is 57.7 Å². The van der Waals surface area contributed by atoms with Crippen LogP contribution in [-0.4, -0.2) is 47.2 Å². The normalized spacial score (nSPS) is 18.0. The number of amides is 1. The summed E-state index contributed by atoms with van der Waals surface area (Å²) >= 11 is 0. The molecule has 0 aromatic heterocycles. The van der Waals surface area contributed by atoms with Gasteiger partial charge in [-0.2, -0.15) is 0 Å². The highest BCUT2D eigenvalue weighted by molar-refractivity contribution is 6.10. The second-order valence-electron chi connectivity index (χ2n) is 10.4. The van der Waals surface area contributed by atoms with Gasteiger partial charge >= 0.3 is 0 Å². The molecule has 0 spiro atoms. The van der Waals surface area contributed by atoms with E-state index >= 15 is 0 Å². The molecule has 0 unspecified atom stereocenters. The maximum Gasteiger partial charge on any atom is 0.254 e. The number of carbonyl (C=O) groups excluding carboxylic acids is 2. The molecule has 5 rings (SSSR count). The van der Waals surface area contributed by atoms with Crippen molar-refractivity contribution in [3.05, 3.63) is 94.3 Å². The zero-order valence-electron chi connectivity index (χ0n) is 25.2. The Morgan fingerprint density at radius 1 is 0.744 bits per heavy atom. The van der Waals surface area contributed by atoms with Gasteiger partial charge in [0.15, 0.2) is 28.8 Å². The first-order valence-electron chi connectivity index (χ1n) is 13.9. The van der Waals surface area contributed by atoms with E-state index < -0.39 is 5.92 Å². The number of benzene rings is 3. The number of methoxy groups -OCH3 is 5. The number of ether oxygens (including phenoxy) is 5. The average Bonchev–Trinajstić information content (AvgIpc) is 3.03. The first-order valence-corrected chi connectivity index (χ1v) is 13.9. The van der Waals surface area contributed by atoms with Gasteiger partial charge < -0.3 is 34.3 Å². The van der Waals surface area contributed by atoms with Gasteiger partial charge in [0.2, 0.25) is 0 Å². The molecule has 2 aliphatic rings. The lowest BCUT2D eigenvalue weighted by Crippen LogP contribution is -2.37. The SMILES string of the molecule is COc1ccc(NC(=O)C2=C(C)NC3=C(C(=O)C[C@H](c4ccc(OC)c(OC)c4)C3)[C@@H]2c2ccc(OC)c(OC)c2)cc1. The number of nitrogens with one attached hydrogen (secondary N) is 2. The second-order valence-corrected chi connectivity index (χ2v) is 10.4. The predicted octanol–water partition coefficient (Wildman–Crippen LogP) is 5.73. The smallest absolute Gasteiger partial charge is 0.254 e. The van der Waals surface area contributed by atoms with Crippen LogP contribution in [0.5, 0.6) is 28.7 Å². The van der Waals surface area contributed by atoms with E-state index in [1.165, 1.54) is 0 Å². The molecule has 1 amide bonds. The molecule has 0 saturated heterocycles. The molecule has 1 heterocycles. The van der Waals surface area contributed by atoms with Crippen LogP contribution in [-0.2, 0) is 9.59 Å². The summed E-state index contributed by atoms with van der Waals surface area (Å²) in [4.78, 5) is 28.0. The van der Waals surface area contributed by atoms with Gasteiger partial charge in [-0.3, -0.25) is 9.59 Å². The molecule has 0 radical (unpaired) electrons. The van der Waals surface area contributed by atoms with Crippen molar-refractivity contribution in [3.8, 4) is 28.7 Å². The number of anilines is 1. The van der Waals surface area contributed by atoms with Gasteiger partial charge in [0.05, 0.1) is 35.5 Å². The maximum absolute atomic E-state index is 14.1. The first kappa shape index (κ1) is 29.6. The fourth-order valence-corrected chi connectivity index (χ4v) is 5.92. The molecular formula is C34H36N2O7. The number of dihydropyridines is 1. The van der Waals surface area contributed by atoms with E-state index in [-0.39, 0.29) is 24.0 Å². The summed E-state index contributed by atoms with van der Waals surface area (Å²) in [6.45, 7) is 1.87. The van der Waals surface area contributed by atoms with Gasteiger partial charge in [-0.1, -0.05) is 12.1 Å². The van der Waals surface area contributed by atoms with Crippen LogP contribution in [0.3, 0.4) is 0 Å². The fraction of sp³-hybridized carbons (Fsp3) is 0.294.